The molecule has 1 aromatic rings. The molecule has 0 saturated heterocycles. The molecule has 26 heavy (non-hydrogen) atoms. The standard InChI is InChI=1S/C21H30N2O3/c1-15(24)23-18-10-12-21(13-11-19(18)25,17-8-3-2-4-9-17)14-22-20(26)16-6-5-7-16/h2-4,8-9,16,18-19,25H,5-7,10-14H2,1H3,(H,22,26)(H,23,24)/t18-,19-,21-/m0/s1. The lowest BCUT2D eigenvalue weighted by Crippen LogP contribution is -2.44. The molecule has 3 atom stereocenters. The van der Waals surface area contributed by atoms with Crippen molar-refractivity contribution < 1.29 is 14.7 Å². The number of carbonyl (C=O) groups excluding carboxylic acids is 2. The van der Waals surface area contributed by atoms with Crippen LogP contribution in [-0.2, 0) is 15.0 Å². The molecule has 2 aliphatic rings. The van der Waals surface area contributed by atoms with Crippen LogP contribution in [0.15, 0.2) is 30.3 Å². The lowest BCUT2D eigenvalue weighted by atomic mass is 9.74. The summed E-state index contributed by atoms with van der Waals surface area (Å²) in [5.41, 5.74) is 0.999. The van der Waals surface area contributed by atoms with Crippen LogP contribution >= 0.6 is 0 Å². The summed E-state index contributed by atoms with van der Waals surface area (Å²) >= 11 is 0. The fourth-order valence-electron chi connectivity index (χ4n) is 4.23. The van der Waals surface area contributed by atoms with Gasteiger partial charge in [-0.15, -0.1) is 0 Å². The van der Waals surface area contributed by atoms with Crippen molar-refractivity contribution in [1.82, 2.24) is 10.6 Å². The fraction of sp³-hybridized carbons (Fsp3) is 0.619. The molecule has 0 aliphatic heterocycles. The van der Waals surface area contributed by atoms with Crippen molar-refractivity contribution in [3.8, 4) is 0 Å². The van der Waals surface area contributed by atoms with Crippen molar-refractivity contribution in [2.75, 3.05) is 6.54 Å². The molecule has 3 rings (SSSR count). The molecule has 5 heteroatoms. The van der Waals surface area contributed by atoms with E-state index in [9.17, 15) is 14.7 Å². The largest absolute Gasteiger partial charge is 0.391 e. The Labute approximate surface area is 155 Å². The van der Waals surface area contributed by atoms with E-state index in [1.54, 1.807) is 0 Å². The van der Waals surface area contributed by atoms with Crippen LogP contribution in [0.5, 0.6) is 0 Å². The number of hydrogen-bond acceptors (Lipinski definition) is 3. The van der Waals surface area contributed by atoms with Crippen molar-refractivity contribution in [3.05, 3.63) is 35.9 Å². The molecule has 0 bridgehead atoms. The van der Waals surface area contributed by atoms with E-state index in [0.29, 0.717) is 19.4 Å². The Balaban J connectivity index is 1.77. The first-order chi connectivity index (χ1) is 12.5. The zero-order valence-electron chi connectivity index (χ0n) is 15.5. The number of carbonyl (C=O) groups is 2. The van der Waals surface area contributed by atoms with Crippen molar-refractivity contribution in [2.24, 2.45) is 5.92 Å². The Kier molecular flexibility index (Phi) is 5.97. The highest BCUT2D eigenvalue weighted by Crippen LogP contribution is 2.38. The Hall–Kier alpha value is -1.88. The molecule has 0 radical (unpaired) electrons. The highest BCUT2D eigenvalue weighted by Gasteiger charge is 2.39. The van der Waals surface area contributed by atoms with Crippen LogP contribution in [0.4, 0.5) is 0 Å². The first-order valence-corrected chi connectivity index (χ1v) is 9.79. The smallest absolute Gasteiger partial charge is 0.223 e. The van der Waals surface area contributed by atoms with Gasteiger partial charge in [-0.1, -0.05) is 36.8 Å². The minimum Gasteiger partial charge on any atom is -0.391 e. The summed E-state index contributed by atoms with van der Waals surface area (Å²) in [5, 5.41) is 16.6. The molecule has 2 fully saturated rings. The lowest BCUT2D eigenvalue weighted by molar-refractivity contribution is -0.127. The monoisotopic (exact) mass is 358 g/mol. The molecule has 0 heterocycles. The first-order valence-electron chi connectivity index (χ1n) is 9.79. The summed E-state index contributed by atoms with van der Waals surface area (Å²) in [6.45, 7) is 2.08. The molecule has 0 aromatic heterocycles. The second kappa shape index (κ2) is 8.21. The minimum absolute atomic E-state index is 0.112. The zero-order chi connectivity index (χ0) is 18.6. The van der Waals surface area contributed by atoms with Gasteiger partial charge in [-0.25, -0.2) is 0 Å². The molecule has 142 valence electrons. The molecule has 2 saturated carbocycles. The second-order valence-electron chi connectivity index (χ2n) is 7.94. The number of amides is 2. The van der Waals surface area contributed by atoms with Crippen LogP contribution in [0, 0.1) is 5.92 Å². The van der Waals surface area contributed by atoms with E-state index in [-0.39, 0.29) is 29.2 Å². The SMILES string of the molecule is CC(=O)N[C@H]1CC[C@](CNC(=O)C2CCC2)(c2ccccc2)CC[C@@H]1O. The van der Waals surface area contributed by atoms with Gasteiger partial charge in [0, 0.05) is 24.8 Å². The third kappa shape index (κ3) is 4.26. The predicted octanol–water partition coefficient (Wildman–Crippen LogP) is 2.28. The average molecular weight is 358 g/mol. The molecule has 3 N–H and O–H groups in total. The highest BCUT2D eigenvalue weighted by atomic mass is 16.3. The highest BCUT2D eigenvalue weighted by molar-refractivity contribution is 5.79. The molecular formula is C21H30N2O3. The maximum Gasteiger partial charge on any atom is 0.223 e. The van der Waals surface area contributed by atoms with Crippen molar-refractivity contribution in [2.45, 2.75) is 69.4 Å². The first kappa shape index (κ1) is 18.9. The van der Waals surface area contributed by atoms with Gasteiger partial charge in [-0.3, -0.25) is 9.59 Å². The number of aliphatic hydroxyl groups is 1. The van der Waals surface area contributed by atoms with E-state index in [4.69, 9.17) is 0 Å². The van der Waals surface area contributed by atoms with Gasteiger partial charge in [0.1, 0.15) is 0 Å². The number of nitrogens with one attached hydrogen (secondary N) is 2. The second-order valence-corrected chi connectivity index (χ2v) is 7.94. The Bertz CT molecular complexity index is 629. The van der Waals surface area contributed by atoms with Crippen LogP contribution < -0.4 is 10.6 Å². The maximum absolute atomic E-state index is 12.4. The van der Waals surface area contributed by atoms with Gasteiger partial charge >= 0.3 is 0 Å². The normalized spacial score (nSPS) is 29.3. The number of aliphatic hydroxyl groups excluding tert-OH is 1. The third-order valence-corrected chi connectivity index (χ3v) is 6.17. The summed E-state index contributed by atoms with van der Waals surface area (Å²) < 4.78 is 0. The molecule has 0 unspecified atom stereocenters. The van der Waals surface area contributed by atoms with Crippen LogP contribution in [0.2, 0.25) is 0 Å². The minimum atomic E-state index is -0.549. The van der Waals surface area contributed by atoms with E-state index in [2.05, 4.69) is 22.8 Å². The van der Waals surface area contributed by atoms with Crippen molar-refractivity contribution in [3.63, 3.8) is 0 Å². The third-order valence-electron chi connectivity index (χ3n) is 6.17. The zero-order valence-corrected chi connectivity index (χ0v) is 15.5. The lowest BCUT2D eigenvalue weighted by Gasteiger charge is -2.35. The Morgan fingerprint density at radius 1 is 1.12 bits per heavy atom. The van der Waals surface area contributed by atoms with Crippen LogP contribution in [0.3, 0.4) is 0 Å². The summed E-state index contributed by atoms with van der Waals surface area (Å²) in [7, 11) is 0. The van der Waals surface area contributed by atoms with Gasteiger partial charge < -0.3 is 15.7 Å². The Morgan fingerprint density at radius 2 is 1.81 bits per heavy atom. The van der Waals surface area contributed by atoms with Gasteiger partial charge in [0.2, 0.25) is 11.8 Å². The Morgan fingerprint density at radius 3 is 2.42 bits per heavy atom. The van der Waals surface area contributed by atoms with Gasteiger partial charge in [-0.2, -0.15) is 0 Å². The molecule has 0 spiro atoms. The summed E-state index contributed by atoms with van der Waals surface area (Å²) in [5.74, 6) is 0.223. The van der Waals surface area contributed by atoms with Crippen LogP contribution in [0.25, 0.3) is 0 Å². The van der Waals surface area contributed by atoms with Crippen molar-refractivity contribution in [1.29, 1.82) is 0 Å². The predicted molar refractivity (Wildman–Crippen MR) is 101 cm³/mol. The van der Waals surface area contributed by atoms with E-state index in [1.165, 1.54) is 12.5 Å². The van der Waals surface area contributed by atoms with Crippen LogP contribution in [0.1, 0.15) is 57.4 Å². The molecule has 5 nitrogen and oxygen atoms in total. The van der Waals surface area contributed by atoms with E-state index >= 15 is 0 Å². The summed E-state index contributed by atoms with van der Waals surface area (Å²) in [6.07, 6.45) is 5.51. The summed E-state index contributed by atoms with van der Waals surface area (Å²) in [6, 6.07) is 10.0. The topological polar surface area (TPSA) is 78.4 Å². The van der Waals surface area contributed by atoms with Gasteiger partial charge in [0.05, 0.1) is 12.1 Å². The quantitative estimate of drug-likeness (QED) is 0.707. The van der Waals surface area contributed by atoms with Gasteiger partial charge in [-0.05, 0) is 44.1 Å². The van der Waals surface area contributed by atoms with E-state index in [0.717, 1.165) is 32.1 Å². The molecule has 2 amide bonds. The number of benzene rings is 1. The molecule has 1 aromatic carbocycles. The average Bonchev–Trinajstić information content (AvgIpc) is 2.73. The number of rotatable bonds is 5. The van der Waals surface area contributed by atoms with E-state index in [1.807, 2.05) is 18.2 Å². The molecule has 2 aliphatic carbocycles. The van der Waals surface area contributed by atoms with Gasteiger partial charge in [0.25, 0.3) is 0 Å². The van der Waals surface area contributed by atoms with Gasteiger partial charge in [0.15, 0.2) is 0 Å². The van der Waals surface area contributed by atoms with Crippen molar-refractivity contribution >= 4 is 11.8 Å². The summed E-state index contributed by atoms with van der Waals surface area (Å²) in [4.78, 5) is 23.8. The van der Waals surface area contributed by atoms with E-state index < -0.39 is 6.10 Å². The number of hydrogen-bond donors (Lipinski definition) is 3. The maximum atomic E-state index is 12.4. The fourth-order valence-corrected chi connectivity index (χ4v) is 4.23. The molecular weight excluding hydrogens is 328 g/mol. The van der Waals surface area contributed by atoms with Crippen LogP contribution in [-0.4, -0.2) is 35.6 Å².